The summed E-state index contributed by atoms with van der Waals surface area (Å²) in [6.07, 6.45) is 1.47. The number of carbonyl (C=O) groups is 1. The molecule has 0 aliphatic rings. The SMILES string of the molecule is COc1ccc(C(NC(=O)c2cnn(-c3ccccc3F)c2C)c2ccccc2)cc1. The van der Waals surface area contributed by atoms with Crippen molar-refractivity contribution in [2.45, 2.75) is 13.0 Å². The monoisotopic (exact) mass is 415 g/mol. The Morgan fingerprint density at radius 1 is 0.968 bits per heavy atom. The lowest BCUT2D eigenvalue weighted by atomic mass is 9.98. The maximum Gasteiger partial charge on any atom is 0.255 e. The highest BCUT2D eigenvalue weighted by molar-refractivity contribution is 5.95. The van der Waals surface area contributed by atoms with E-state index < -0.39 is 5.82 Å². The van der Waals surface area contributed by atoms with Gasteiger partial charge in [-0.1, -0.05) is 54.6 Å². The number of nitrogens with zero attached hydrogens (tertiary/aromatic N) is 2. The lowest BCUT2D eigenvalue weighted by Gasteiger charge is -2.20. The van der Waals surface area contributed by atoms with Crippen molar-refractivity contribution < 1.29 is 13.9 Å². The van der Waals surface area contributed by atoms with Crippen molar-refractivity contribution in [1.82, 2.24) is 15.1 Å². The maximum absolute atomic E-state index is 14.2. The molecule has 0 aliphatic carbocycles. The molecule has 0 spiro atoms. The van der Waals surface area contributed by atoms with E-state index in [1.807, 2.05) is 54.6 Å². The predicted octanol–water partition coefficient (Wildman–Crippen LogP) is 4.85. The summed E-state index contributed by atoms with van der Waals surface area (Å²) in [6.45, 7) is 1.75. The van der Waals surface area contributed by atoms with Gasteiger partial charge in [-0.25, -0.2) is 9.07 Å². The smallest absolute Gasteiger partial charge is 0.255 e. The third kappa shape index (κ3) is 4.19. The van der Waals surface area contributed by atoms with Gasteiger partial charge in [0, 0.05) is 0 Å². The third-order valence-electron chi connectivity index (χ3n) is 5.19. The lowest BCUT2D eigenvalue weighted by molar-refractivity contribution is 0.0942. The summed E-state index contributed by atoms with van der Waals surface area (Å²) in [4.78, 5) is 13.2. The first kappa shape index (κ1) is 20.3. The fraction of sp³-hybridized carbons (Fsp3) is 0.120. The minimum atomic E-state index is -0.402. The summed E-state index contributed by atoms with van der Waals surface area (Å²) in [5.74, 6) is 0.0507. The molecular weight excluding hydrogens is 393 g/mol. The van der Waals surface area contributed by atoms with Gasteiger partial charge in [0.1, 0.15) is 17.3 Å². The van der Waals surface area contributed by atoms with Gasteiger partial charge in [0.15, 0.2) is 0 Å². The summed E-state index contributed by atoms with van der Waals surface area (Å²) in [5.41, 5.74) is 3.11. The molecule has 0 saturated carbocycles. The molecule has 1 atom stereocenters. The van der Waals surface area contributed by atoms with Crippen LogP contribution in [0.15, 0.2) is 85.1 Å². The molecule has 5 nitrogen and oxygen atoms in total. The maximum atomic E-state index is 14.2. The van der Waals surface area contributed by atoms with E-state index in [1.54, 1.807) is 32.2 Å². The first-order valence-corrected chi connectivity index (χ1v) is 9.87. The summed E-state index contributed by atoms with van der Waals surface area (Å²) in [5, 5.41) is 7.34. The Balaban J connectivity index is 1.66. The summed E-state index contributed by atoms with van der Waals surface area (Å²) in [7, 11) is 1.61. The van der Waals surface area contributed by atoms with Crippen molar-refractivity contribution in [3.05, 3.63) is 113 Å². The molecule has 1 amide bonds. The first-order valence-electron chi connectivity index (χ1n) is 9.87. The van der Waals surface area contributed by atoms with Crippen molar-refractivity contribution >= 4 is 5.91 Å². The number of aromatic nitrogens is 2. The van der Waals surface area contributed by atoms with E-state index in [-0.39, 0.29) is 11.9 Å². The second kappa shape index (κ2) is 8.83. The first-order chi connectivity index (χ1) is 15.1. The zero-order chi connectivity index (χ0) is 21.8. The number of halogens is 1. The number of benzene rings is 3. The number of para-hydroxylation sites is 1. The topological polar surface area (TPSA) is 56.1 Å². The Morgan fingerprint density at radius 2 is 1.61 bits per heavy atom. The van der Waals surface area contributed by atoms with Crippen LogP contribution in [0.5, 0.6) is 5.75 Å². The van der Waals surface area contributed by atoms with Gasteiger partial charge in [-0.15, -0.1) is 0 Å². The number of amides is 1. The molecule has 0 bridgehead atoms. The van der Waals surface area contributed by atoms with E-state index in [0.717, 1.165) is 16.9 Å². The Kier molecular flexibility index (Phi) is 5.80. The van der Waals surface area contributed by atoms with Crippen molar-refractivity contribution in [1.29, 1.82) is 0 Å². The lowest BCUT2D eigenvalue weighted by Crippen LogP contribution is -2.29. The van der Waals surface area contributed by atoms with E-state index in [1.165, 1.54) is 16.9 Å². The van der Waals surface area contributed by atoms with Crippen LogP contribution in [0.1, 0.15) is 33.2 Å². The highest BCUT2D eigenvalue weighted by Gasteiger charge is 2.22. The van der Waals surface area contributed by atoms with Gasteiger partial charge in [-0.05, 0) is 42.3 Å². The standard InChI is InChI=1S/C25H22FN3O2/c1-17-21(16-27-29(17)23-11-7-6-10-22(23)26)25(30)28-24(18-8-4-3-5-9-18)19-12-14-20(31-2)15-13-19/h3-16,24H,1-2H3,(H,28,30). The van der Waals surface area contributed by atoms with Gasteiger partial charge in [0.25, 0.3) is 5.91 Å². The van der Waals surface area contributed by atoms with Crippen LogP contribution in [0.2, 0.25) is 0 Å². The molecule has 1 heterocycles. The summed E-state index contributed by atoms with van der Waals surface area (Å²) < 4.78 is 20.9. The fourth-order valence-electron chi connectivity index (χ4n) is 3.51. The van der Waals surface area contributed by atoms with Gasteiger partial charge in [-0.2, -0.15) is 5.10 Å². The van der Waals surface area contributed by atoms with Crippen LogP contribution in [-0.2, 0) is 0 Å². The van der Waals surface area contributed by atoms with Gasteiger partial charge in [0.2, 0.25) is 0 Å². The second-order valence-corrected chi connectivity index (χ2v) is 7.10. The molecule has 0 saturated heterocycles. The summed E-state index contributed by atoms with van der Waals surface area (Å²) >= 11 is 0. The number of hydrogen-bond acceptors (Lipinski definition) is 3. The number of carbonyl (C=O) groups excluding carboxylic acids is 1. The summed E-state index contributed by atoms with van der Waals surface area (Å²) in [6, 6.07) is 23.3. The predicted molar refractivity (Wildman–Crippen MR) is 117 cm³/mol. The second-order valence-electron chi connectivity index (χ2n) is 7.10. The Morgan fingerprint density at radius 3 is 2.29 bits per heavy atom. The highest BCUT2D eigenvalue weighted by atomic mass is 19.1. The fourth-order valence-corrected chi connectivity index (χ4v) is 3.51. The van der Waals surface area contributed by atoms with Gasteiger partial charge >= 0.3 is 0 Å². The van der Waals surface area contributed by atoms with Crippen molar-refractivity contribution in [3.8, 4) is 11.4 Å². The number of rotatable bonds is 6. The average Bonchev–Trinajstić information content (AvgIpc) is 3.19. The Bertz CT molecular complexity index is 1190. The molecule has 1 aromatic heterocycles. The molecule has 156 valence electrons. The van der Waals surface area contributed by atoms with Crippen molar-refractivity contribution in [2.75, 3.05) is 7.11 Å². The van der Waals surface area contributed by atoms with Crippen LogP contribution in [0.25, 0.3) is 5.69 Å². The van der Waals surface area contributed by atoms with Crippen molar-refractivity contribution in [2.24, 2.45) is 0 Å². The van der Waals surface area contributed by atoms with E-state index >= 15 is 0 Å². The van der Waals surface area contributed by atoms with Crippen LogP contribution >= 0.6 is 0 Å². The minimum Gasteiger partial charge on any atom is -0.497 e. The van der Waals surface area contributed by atoms with E-state index in [2.05, 4.69) is 10.4 Å². The van der Waals surface area contributed by atoms with Crippen LogP contribution < -0.4 is 10.1 Å². The molecule has 0 radical (unpaired) electrons. The third-order valence-corrected chi connectivity index (χ3v) is 5.19. The largest absolute Gasteiger partial charge is 0.497 e. The van der Waals surface area contributed by atoms with Crippen molar-refractivity contribution in [3.63, 3.8) is 0 Å². The molecule has 4 rings (SSSR count). The molecule has 0 aliphatic heterocycles. The normalized spacial score (nSPS) is 11.7. The van der Waals surface area contributed by atoms with Crippen LogP contribution in [0, 0.1) is 12.7 Å². The van der Waals surface area contributed by atoms with Gasteiger partial charge < -0.3 is 10.1 Å². The molecule has 0 fully saturated rings. The quantitative estimate of drug-likeness (QED) is 0.490. The molecule has 3 aromatic carbocycles. The Hall–Kier alpha value is -3.93. The van der Waals surface area contributed by atoms with Gasteiger partial charge in [0.05, 0.1) is 30.6 Å². The Labute approximate surface area is 180 Å². The molecule has 31 heavy (non-hydrogen) atoms. The highest BCUT2D eigenvalue weighted by Crippen LogP contribution is 2.25. The molecule has 1 N–H and O–H groups in total. The van der Waals surface area contributed by atoms with E-state index in [4.69, 9.17) is 4.74 Å². The molecule has 4 aromatic rings. The average molecular weight is 415 g/mol. The number of nitrogens with one attached hydrogen (secondary N) is 1. The van der Waals surface area contributed by atoms with Crippen LogP contribution in [-0.4, -0.2) is 22.8 Å². The van der Waals surface area contributed by atoms with Crippen LogP contribution in [0.3, 0.4) is 0 Å². The molecule has 1 unspecified atom stereocenters. The zero-order valence-corrected chi connectivity index (χ0v) is 17.2. The van der Waals surface area contributed by atoms with Gasteiger partial charge in [-0.3, -0.25) is 4.79 Å². The van der Waals surface area contributed by atoms with Crippen LogP contribution in [0.4, 0.5) is 4.39 Å². The number of ether oxygens (including phenoxy) is 1. The molecule has 6 heteroatoms. The van der Waals surface area contributed by atoms with E-state index in [0.29, 0.717) is 16.9 Å². The molecular formula is C25H22FN3O2. The van der Waals surface area contributed by atoms with E-state index in [9.17, 15) is 9.18 Å². The number of methoxy groups -OCH3 is 1. The number of hydrogen-bond donors (Lipinski definition) is 1. The minimum absolute atomic E-state index is 0.287. The zero-order valence-electron chi connectivity index (χ0n) is 17.2.